The predicted molar refractivity (Wildman–Crippen MR) is 88.9 cm³/mol. The van der Waals surface area contributed by atoms with Gasteiger partial charge in [0.1, 0.15) is 0 Å². The standard InChI is InChI=1S/C18H20FN3O2/c1-12(13-4-5-16-17(9-13)24-11-23-16)21-14-6-8-22(10-14)18-15(19)3-2-7-20-18/h2-5,7,9,12,14,21H,6,8,10-11H2,1H3/t12-,14-/m1/s1. The Hall–Kier alpha value is -2.34. The van der Waals surface area contributed by atoms with Crippen molar-refractivity contribution in [2.45, 2.75) is 25.4 Å². The normalized spacial score (nSPS) is 20.4. The molecule has 2 aliphatic rings. The van der Waals surface area contributed by atoms with E-state index in [9.17, 15) is 4.39 Å². The highest BCUT2D eigenvalue weighted by molar-refractivity contribution is 5.45. The molecule has 2 atom stereocenters. The number of hydrogen-bond acceptors (Lipinski definition) is 5. The molecule has 0 unspecified atom stereocenters. The van der Waals surface area contributed by atoms with Crippen LogP contribution in [0.15, 0.2) is 36.5 Å². The molecule has 4 rings (SSSR count). The topological polar surface area (TPSA) is 46.6 Å². The number of nitrogens with zero attached hydrogens (tertiary/aromatic N) is 2. The summed E-state index contributed by atoms with van der Waals surface area (Å²) in [6, 6.07) is 9.57. The summed E-state index contributed by atoms with van der Waals surface area (Å²) in [5.74, 6) is 1.77. The summed E-state index contributed by atoms with van der Waals surface area (Å²) < 4.78 is 24.7. The number of halogens is 1. The van der Waals surface area contributed by atoms with Crippen LogP contribution in [0.4, 0.5) is 10.2 Å². The third kappa shape index (κ3) is 2.89. The second-order valence-corrected chi connectivity index (χ2v) is 6.24. The van der Waals surface area contributed by atoms with E-state index in [4.69, 9.17) is 9.47 Å². The second kappa shape index (κ2) is 6.28. The molecule has 6 heteroatoms. The highest BCUT2D eigenvalue weighted by Crippen LogP contribution is 2.34. The van der Waals surface area contributed by atoms with Crippen molar-refractivity contribution in [3.8, 4) is 11.5 Å². The van der Waals surface area contributed by atoms with E-state index in [1.807, 2.05) is 17.0 Å². The maximum absolute atomic E-state index is 13.9. The SMILES string of the molecule is C[C@@H](N[C@@H]1CCN(c2ncccc2F)C1)c1ccc2c(c1)OCO2. The van der Waals surface area contributed by atoms with E-state index in [0.29, 0.717) is 11.9 Å². The second-order valence-electron chi connectivity index (χ2n) is 6.24. The molecule has 0 spiro atoms. The Labute approximate surface area is 140 Å². The van der Waals surface area contributed by atoms with Crippen molar-refractivity contribution in [1.82, 2.24) is 10.3 Å². The van der Waals surface area contributed by atoms with Crippen LogP contribution in [0.3, 0.4) is 0 Å². The molecule has 3 heterocycles. The van der Waals surface area contributed by atoms with Gasteiger partial charge in [-0.25, -0.2) is 9.37 Å². The Balaban J connectivity index is 1.40. The first-order valence-electron chi connectivity index (χ1n) is 8.22. The van der Waals surface area contributed by atoms with Gasteiger partial charge in [-0.05, 0) is 43.2 Å². The van der Waals surface area contributed by atoms with Crippen molar-refractivity contribution in [2.24, 2.45) is 0 Å². The summed E-state index contributed by atoms with van der Waals surface area (Å²) in [5.41, 5.74) is 1.15. The molecule has 1 aromatic carbocycles. The van der Waals surface area contributed by atoms with Gasteiger partial charge in [-0.3, -0.25) is 0 Å². The Bertz CT molecular complexity index is 740. The lowest BCUT2D eigenvalue weighted by molar-refractivity contribution is 0.174. The molecule has 1 aromatic heterocycles. The predicted octanol–water partition coefficient (Wildman–Crippen LogP) is 2.88. The van der Waals surface area contributed by atoms with E-state index in [1.165, 1.54) is 6.07 Å². The van der Waals surface area contributed by atoms with Gasteiger partial charge in [0.25, 0.3) is 0 Å². The van der Waals surface area contributed by atoms with Gasteiger partial charge in [0, 0.05) is 31.4 Å². The molecule has 2 aromatic rings. The molecular formula is C18H20FN3O2. The van der Waals surface area contributed by atoms with Crippen LogP contribution < -0.4 is 19.7 Å². The van der Waals surface area contributed by atoms with Crippen molar-refractivity contribution >= 4 is 5.82 Å². The van der Waals surface area contributed by atoms with E-state index in [0.717, 1.165) is 36.6 Å². The van der Waals surface area contributed by atoms with Crippen LogP contribution in [0.1, 0.15) is 24.9 Å². The highest BCUT2D eigenvalue weighted by Gasteiger charge is 2.26. The number of nitrogens with one attached hydrogen (secondary N) is 1. The van der Waals surface area contributed by atoms with Gasteiger partial charge in [0.2, 0.25) is 6.79 Å². The minimum Gasteiger partial charge on any atom is -0.454 e. The number of benzene rings is 1. The fourth-order valence-electron chi connectivity index (χ4n) is 3.33. The molecule has 0 aliphatic carbocycles. The van der Waals surface area contributed by atoms with E-state index < -0.39 is 0 Å². The number of pyridine rings is 1. The van der Waals surface area contributed by atoms with Gasteiger partial charge in [-0.1, -0.05) is 6.07 Å². The molecule has 0 saturated carbocycles. The molecule has 1 saturated heterocycles. The summed E-state index contributed by atoms with van der Waals surface area (Å²) in [4.78, 5) is 6.16. The van der Waals surface area contributed by atoms with E-state index in [-0.39, 0.29) is 18.7 Å². The smallest absolute Gasteiger partial charge is 0.231 e. The van der Waals surface area contributed by atoms with Gasteiger partial charge in [-0.2, -0.15) is 0 Å². The zero-order chi connectivity index (χ0) is 16.5. The molecule has 2 aliphatic heterocycles. The third-order valence-electron chi connectivity index (χ3n) is 4.61. The number of aromatic nitrogens is 1. The van der Waals surface area contributed by atoms with Crippen molar-refractivity contribution < 1.29 is 13.9 Å². The Morgan fingerprint density at radius 1 is 1.29 bits per heavy atom. The van der Waals surface area contributed by atoms with Crippen molar-refractivity contribution in [1.29, 1.82) is 0 Å². The van der Waals surface area contributed by atoms with Gasteiger partial charge < -0.3 is 19.7 Å². The molecule has 24 heavy (non-hydrogen) atoms. The van der Waals surface area contributed by atoms with Gasteiger partial charge in [-0.15, -0.1) is 0 Å². The molecule has 126 valence electrons. The number of hydrogen-bond donors (Lipinski definition) is 1. The molecular weight excluding hydrogens is 309 g/mol. The summed E-state index contributed by atoms with van der Waals surface area (Å²) >= 11 is 0. The highest BCUT2D eigenvalue weighted by atomic mass is 19.1. The molecule has 1 N–H and O–H groups in total. The van der Waals surface area contributed by atoms with Crippen LogP contribution >= 0.6 is 0 Å². The monoisotopic (exact) mass is 329 g/mol. The number of rotatable bonds is 4. The minimum atomic E-state index is -0.262. The minimum absolute atomic E-state index is 0.179. The zero-order valence-corrected chi connectivity index (χ0v) is 13.5. The van der Waals surface area contributed by atoms with E-state index in [1.54, 1.807) is 12.3 Å². The third-order valence-corrected chi connectivity index (χ3v) is 4.61. The lowest BCUT2D eigenvalue weighted by Gasteiger charge is -2.21. The maximum Gasteiger partial charge on any atom is 0.231 e. The molecule has 0 amide bonds. The molecule has 0 radical (unpaired) electrons. The van der Waals surface area contributed by atoms with Crippen LogP contribution in [0.25, 0.3) is 0 Å². The molecule has 0 bridgehead atoms. The maximum atomic E-state index is 13.9. The van der Waals surface area contributed by atoms with Crippen molar-refractivity contribution in [2.75, 3.05) is 24.8 Å². The zero-order valence-electron chi connectivity index (χ0n) is 13.5. The summed E-state index contributed by atoms with van der Waals surface area (Å²) in [6.07, 6.45) is 2.60. The molecule has 5 nitrogen and oxygen atoms in total. The lowest BCUT2D eigenvalue weighted by Crippen LogP contribution is -2.34. The summed E-state index contributed by atoms with van der Waals surface area (Å²) in [5, 5.41) is 3.62. The van der Waals surface area contributed by atoms with E-state index >= 15 is 0 Å². The first kappa shape index (κ1) is 15.2. The van der Waals surface area contributed by atoms with Crippen LogP contribution in [-0.4, -0.2) is 30.9 Å². The fourth-order valence-corrected chi connectivity index (χ4v) is 3.33. The van der Waals surface area contributed by atoms with Gasteiger partial charge >= 0.3 is 0 Å². The van der Waals surface area contributed by atoms with Crippen LogP contribution in [0.2, 0.25) is 0 Å². The van der Waals surface area contributed by atoms with Crippen molar-refractivity contribution in [3.05, 3.63) is 47.9 Å². The largest absolute Gasteiger partial charge is 0.454 e. The first-order valence-corrected chi connectivity index (χ1v) is 8.22. The van der Waals surface area contributed by atoms with Crippen molar-refractivity contribution in [3.63, 3.8) is 0 Å². The lowest BCUT2D eigenvalue weighted by atomic mass is 10.1. The van der Waals surface area contributed by atoms with Gasteiger partial charge in [0.15, 0.2) is 23.1 Å². The summed E-state index contributed by atoms with van der Waals surface area (Å²) in [6.45, 7) is 3.97. The van der Waals surface area contributed by atoms with Crippen LogP contribution in [0.5, 0.6) is 11.5 Å². The van der Waals surface area contributed by atoms with Crippen LogP contribution in [0, 0.1) is 5.82 Å². The Kier molecular flexibility index (Phi) is 3.98. The quantitative estimate of drug-likeness (QED) is 0.934. The average molecular weight is 329 g/mol. The Morgan fingerprint density at radius 2 is 2.17 bits per heavy atom. The fraction of sp³-hybridized carbons (Fsp3) is 0.389. The Morgan fingerprint density at radius 3 is 3.04 bits per heavy atom. The van der Waals surface area contributed by atoms with Crippen LogP contribution in [-0.2, 0) is 0 Å². The average Bonchev–Trinajstić information content (AvgIpc) is 3.23. The first-order chi connectivity index (χ1) is 11.7. The molecule has 1 fully saturated rings. The summed E-state index contributed by atoms with van der Waals surface area (Å²) in [7, 11) is 0. The van der Waals surface area contributed by atoms with Gasteiger partial charge in [0.05, 0.1) is 0 Å². The number of anilines is 1. The number of ether oxygens (including phenoxy) is 2. The number of fused-ring (bicyclic) bond motifs is 1. The van der Waals surface area contributed by atoms with E-state index in [2.05, 4.69) is 23.3 Å².